The third-order valence-corrected chi connectivity index (χ3v) is 2.83. The highest BCUT2D eigenvalue weighted by atomic mass is 16.1. The first-order valence-corrected chi connectivity index (χ1v) is 6.20. The molecule has 0 aliphatic heterocycles. The van der Waals surface area contributed by atoms with Gasteiger partial charge in [0.25, 0.3) is 5.56 Å². The van der Waals surface area contributed by atoms with E-state index in [1.54, 1.807) is 18.3 Å². The Morgan fingerprint density at radius 2 is 2.18 bits per heavy atom. The molecule has 1 unspecified atom stereocenters. The van der Waals surface area contributed by atoms with Crippen molar-refractivity contribution in [2.24, 2.45) is 5.41 Å². The van der Waals surface area contributed by atoms with Crippen molar-refractivity contribution >= 4 is 0 Å². The van der Waals surface area contributed by atoms with Gasteiger partial charge in [-0.15, -0.1) is 0 Å². The highest BCUT2D eigenvalue weighted by Crippen LogP contribution is 2.20. The first kappa shape index (κ1) is 13.9. The molecular formula is C13H23N3O. The van der Waals surface area contributed by atoms with Crippen LogP contribution in [0.5, 0.6) is 0 Å². The van der Waals surface area contributed by atoms with Crippen LogP contribution in [0.25, 0.3) is 0 Å². The van der Waals surface area contributed by atoms with Gasteiger partial charge < -0.3 is 5.32 Å². The summed E-state index contributed by atoms with van der Waals surface area (Å²) in [6, 6.07) is 3.46. The molecule has 1 aromatic rings. The molecule has 0 aliphatic carbocycles. The molecular weight excluding hydrogens is 214 g/mol. The Hall–Kier alpha value is -1.16. The van der Waals surface area contributed by atoms with Crippen LogP contribution in [-0.2, 0) is 6.54 Å². The fourth-order valence-electron chi connectivity index (χ4n) is 1.66. The second-order valence-electron chi connectivity index (χ2n) is 5.42. The maximum atomic E-state index is 11.6. The van der Waals surface area contributed by atoms with Gasteiger partial charge in [-0.25, -0.2) is 4.68 Å². The Morgan fingerprint density at radius 1 is 1.47 bits per heavy atom. The van der Waals surface area contributed by atoms with E-state index in [4.69, 9.17) is 0 Å². The van der Waals surface area contributed by atoms with Crippen LogP contribution >= 0.6 is 0 Å². The van der Waals surface area contributed by atoms with Gasteiger partial charge in [0.1, 0.15) is 0 Å². The van der Waals surface area contributed by atoms with E-state index < -0.39 is 0 Å². The molecule has 17 heavy (non-hydrogen) atoms. The summed E-state index contributed by atoms with van der Waals surface area (Å²) >= 11 is 0. The minimum absolute atomic E-state index is 0.0416. The average molecular weight is 237 g/mol. The van der Waals surface area contributed by atoms with E-state index in [0.717, 1.165) is 13.0 Å². The predicted octanol–water partition coefficient (Wildman–Crippen LogP) is 1.66. The quantitative estimate of drug-likeness (QED) is 0.847. The van der Waals surface area contributed by atoms with Crippen molar-refractivity contribution in [1.82, 2.24) is 15.1 Å². The van der Waals surface area contributed by atoms with Crippen LogP contribution in [0.4, 0.5) is 0 Å². The van der Waals surface area contributed by atoms with Gasteiger partial charge in [0, 0.05) is 18.3 Å². The topological polar surface area (TPSA) is 46.9 Å². The summed E-state index contributed by atoms with van der Waals surface area (Å²) in [6.07, 6.45) is 2.74. The normalized spacial score (nSPS) is 13.6. The van der Waals surface area contributed by atoms with E-state index in [0.29, 0.717) is 6.54 Å². The molecule has 4 nitrogen and oxygen atoms in total. The first-order chi connectivity index (χ1) is 7.95. The lowest BCUT2D eigenvalue weighted by molar-refractivity contribution is 0.233. The summed E-state index contributed by atoms with van der Waals surface area (Å²) in [4.78, 5) is 11.6. The summed E-state index contributed by atoms with van der Waals surface area (Å²) in [5, 5.41) is 7.59. The molecule has 0 saturated carbocycles. The molecule has 1 N–H and O–H groups in total. The van der Waals surface area contributed by atoms with Gasteiger partial charge in [-0.1, -0.05) is 27.7 Å². The van der Waals surface area contributed by atoms with Crippen molar-refractivity contribution in [3.05, 3.63) is 28.7 Å². The minimum atomic E-state index is -0.0416. The largest absolute Gasteiger partial charge is 0.312 e. The van der Waals surface area contributed by atoms with Crippen LogP contribution in [0.2, 0.25) is 0 Å². The second-order valence-corrected chi connectivity index (χ2v) is 5.42. The lowest BCUT2D eigenvalue weighted by atomic mass is 9.86. The van der Waals surface area contributed by atoms with Crippen molar-refractivity contribution in [2.75, 3.05) is 6.54 Å². The van der Waals surface area contributed by atoms with Gasteiger partial charge >= 0.3 is 0 Å². The maximum Gasteiger partial charge on any atom is 0.266 e. The number of aromatic nitrogens is 2. The molecule has 1 atom stereocenters. The van der Waals surface area contributed by atoms with Crippen LogP contribution < -0.4 is 10.9 Å². The molecule has 1 heterocycles. The van der Waals surface area contributed by atoms with E-state index in [1.807, 2.05) is 0 Å². The summed E-state index contributed by atoms with van der Waals surface area (Å²) in [5.74, 6) is 0. The Balaban J connectivity index is 2.80. The Bertz CT molecular complexity index is 392. The Labute approximate surface area is 103 Å². The van der Waals surface area contributed by atoms with Crippen molar-refractivity contribution in [2.45, 2.75) is 46.7 Å². The molecule has 0 amide bonds. The summed E-state index contributed by atoms with van der Waals surface area (Å²) < 4.78 is 1.53. The zero-order valence-corrected chi connectivity index (χ0v) is 11.2. The zero-order valence-electron chi connectivity index (χ0n) is 11.2. The number of nitrogens with one attached hydrogen (secondary N) is 1. The maximum absolute atomic E-state index is 11.6. The minimum Gasteiger partial charge on any atom is -0.312 e. The lowest BCUT2D eigenvalue weighted by Crippen LogP contribution is -2.45. The summed E-state index contributed by atoms with van der Waals surface area (Å²) in [6.45, 7) is 10.2. The van der Waals surface area contributed by atoms with Crippen molar-refractivity contribution in [3.63, 3.8) is 0 Å². The van der Waals surface area contributed by atoms with Gasteiger partial charge in [0.05, 0.1) is 6.54 Å². The smallest absolute Gasteiger partial charge is 0.266 e. The van der Waals surface area contributed by atoms with Gasteiger partial charge in [0.15, 0.2) is 0 Å². The van der Waals surface area contributed by atoms with E-state index in [2.05, 4.69) is 38.1 Å². The van der Waals surface area contributed by atoms with Gasteiger partial charge in [0.2, 0.25) is 0 Å². The van der Waals surface area contributed by atoms with Crippen LogP contribution in [0.15, 0.2) is 23.1 Å². The molecule has 0 aromatic carbocycles. The average Bonchev–Trinajstić information content (AvgIpc) is 2.25. The SMILES string of the molecule is CCCNC(Cn1ncccc1=O)C(C)(C)C. The highest BCUT2D eigenvalue weighted by molar-refractivity contribution is 4.87. The Morgan fingerprint density at radius 3 is 2.71 bits per heavy atom. The Kier molecular flexibility index (Phi) is 4.87. The monoisotopic (exact) mass is 237 g/mol. The molecule has 0 radical (unpaired) electrons. The van der Waals surface area contributed by atoms with Crippen molar-refractivity contribution in [1.29, 1.82) is 0 Å². The second kappa shape index (κ2) is 5.96. The first-order valence-electron chi connectivity index (χ1n) is 6.20. The molecule has 96 valence electrons. The number of rotatable bonds is 5. The van der Waals surface area contributed by atoms with Crippen molar-refractivity contribution < 1.29 is 0 Å². The van der Waals surface area contributed by atoms with Crippen LogP contribution in [0.3, 0.4) is 0 Å². The van der Waals surface area contributed by atoms with E-state index in [1.165, 1.54) is 4.68 Å². The van der Waals surface area contributed by atoms with E-state index in [-0.39, 0.29) is 17.0 Å². The summed E-state index contributed by atoms with van der Waals surface area (Å²) in [5.41, 5.74) is 0.0617. The molecule has 0 aliphatic rings. The van der Waals surface area contributed by atoms with E-state index >= 15 is 0 Å². The van der Waals surface area contributed by atoms with Gasteiger partial charge in [-0.05, 0) is 24.4 Å². The fraction of sp³-hybridized carbons (Fsp3) is 0.692. The van der Waals surface area contributed by atoms with Gasteiger partial charge in [-0.3, -0.25) is 4.79 Å². The molecule has 4 heteroatoms. The van der Waals surface area contributed by atoms with Crippen LogP contribution in [-0.4, -0.2) is 22.4 Å². The summed E-state index contributed by atoms with van der Waals surface area (Å²) in [7, 11) is 0. The molecule has 1 aromatic heterocycles. The molecule has 1 rings (SSSR count). The molecule has 0 fully saturated rings. The predicted molar refractivity (Wildman–Crippen MR) is 70.0 cm³/mol. The van der Waals surface area contributed by atoms with E-state index in [9.17, 15) is 4.79 Å². The van der Waals surface area contributed by atoms with Crippen LogP contribution in [0, 0.1) is 5.41 Å². The third kappa shape index (κ3) is 4.30. The fourth-order valence-corrected chi connectivity index (χ4v) is 1.66. The molecule has 0 bridgehead atoms. The number of hydrogen-bond acceptors (Lipinski definition) is 3. The molecule has 0 spiro atoms. The number of nitrogens with zero attached hydrogens (tertiary/aromatic N) is 2. The van der Waals surface area contributed by atoms with Crippen LogP contribution in [0.1, 0.15) is 34.1 Å². The molecule has 0 saturated heterocycles. The lowest BCUT2D eigenvalue weighted by Gasteiger charge is -2.31. The zero-order chi connectivity index (χ0) is 12.9. The number of hydrogen-bond donors (Lipinski definition) is 1. The van der Waals surface area contributed by atoms with Gasteiger partial charge in [-0.2, -0.15) is 5.10 Å². The highest BCUT2D eigenvalue weighted by Gasteiger charge is 2.24. The third-order valence-electron chi connectivity index (χ3n) is 2.83. The standard InChI is InChI=1S/C13H23N3O/c1-5-8-14-11(13(2,3)4)10-16-12(17)7-6-9-15-16/h6-7,9,11,14H,5,8,10H2,1-4H3. The van der Waals surface area contributed by atoms with Crippen molar-refractivity contribution in [3.8, 4) is 0 Å².